The second-order valence-corrected chi connectivity index (χ2v) is 11.0. The summed E-state index contributed by atoms with van der Waals surface area (Å²) < 4.78 is 19.3. The summed E-state index contributed by atoms with van der Waals surface area (Å²) in [5.74, 6) is 1.25. The van der Waals surface area contributed by atoms with Crippen molar-refractivity contribution >= 4 is 27.9 Å². The zero-order valence-corrected chi connectivity index (χ0v) is 20.0. The van der Waals surface area contributed by atoms with Gasteiger partial charge in [0.15, 0.2) is 10.7 Å². The Kier molecular flexibility index (Phi) is 5.80. The van der Waals surface area contributed by atoms with Gasteiger partial charge in [0.05, 0.1) is 5.56 Å². The van der Waals surface area contributed by atoms with E-state index >= 15 is 0 Å². The molecule has 5 heteroatoms. The molecule has 2 aromatic carbocycles. The largest absolute Gasteiger partial charge is 0.611 e. The van der Waals surface area contributed by atoms with Crippen molar-refractivity contribution in [1.82, 2.24) is 4.90 Å². The lowest BCUT2D eigenvalue weighted by molar-refractivity contribution is 0.102. The van der Waals surface area contributed by atoms with Crippen molar-refractivity contribution in [2.75, 3.05) is 12.3 Å². The van der Waals surface area contributed by atoms with Crippen LogP contribution in [0.2, 0.25) is 0 Å². The summed E-state index contributed by atoms with van der Waals surface area (Å²) in [6.45, 7) is 13.6. The molecule has 0 fully saturated rings. The van der Waals surface area contributed by atoms with E-state index in [1.165, 1.54) is 0 Å². The molecule has 0 saturated carbocycles. The van der Waals surface area contributed by atoms with Crippen molar-refractivity contribution in [2.45, 2.75) is 63.9 Å². The molecule has 164 valence electrons. The highest BCUT2D eigenvalue weighted by molar-refractivity contribution is 7.91. The normalized spacial score (nSPS) is 16.3. The Morgan fingerprint density at radius 2 is 1.74 bits per heavy atom. The predicted molar refractivity (Wildman–Crippen MR) is 126 cm³/mol. The first kappa shape index (κ1) is 22.1. The van der Waals surface area contributed by atoms with Gasteiger partial charge in [0, 0.05) is 35.0 Å². The summed E-state index contributed by atoms with van der Waals surface area (Å²) >= 11 is -1.14. The lowest BCUT2D eigenvalue weighted by Gasteiger charge is -2.32. The molecular formula is C26H31NO3S. The number of rotatable bonds is 6. The van der Waals surface area contributed by atoms with Gasteiger partial charge in [0.25, 0.3) is 0 Å². The van der Waals surface area contributed by atoms with E-state index in [-0.39, 0.29) is 5.78 Å². The Hall–Kier alpha value is -2.08. The van der Waals surface area contributed by atoms with Crippen molar-refractivity contribution in [1.29, 1.82) is 0 Å². The summed E-state index contributed by atoms with van der Waals surface area (Å²) in [5.41, 5.74) is 2.47. The zero-order chi connectivity index (χ0) is 22.5. The van der Waals surface area contributed by atoms with E-state index in [9.17, 15) is 9.35 Å². The second kappa shape index (κ2) is 8.12. The Labute approximate surface area is 187 Å². The summed E-state index contributed by atoms with van der Waals surface area (Å²) in [5, 5.41) is 0.858. The molecule has 0 aliphatic heterocycles. The van der Waals surface area contributed by atoms with Crippen molar-refractivity contribution in [3.8, 4) is 0 Å². The number of ketones is 1. The minimum absolute atomic E-state index is 0.0163. The third kappa shape index (κ3) is 3.73. The standard InChI is InChI=1S/C26H31NO3S/c1-16(2)27(17(3)4)13-14-31(29)18-11-12-19-21(15-18)26(5,6)25-23(24(19)28)20-9-7-8-10-22(20)30-25/h7-12,15-17H,13-14H2,1-6H3. The highest BCUT2D eigenvalue weighted by Gasteiger charge is 2.42. The molecule has 1 aliphatic rings. The number of fused-ring (bicyclic) bond motifs is 4. The fourth-order valence-electron chi connectivity index (χ4n) is 4.77. The predicted octanol–water partition coefficient (Wildman–Crippen LogP) is 5.53. The van der Waals surface area contributed by atoms with E-state index in [1.807, 2.05) is 42.5 Å². The number of para-hydroxylation sites is 1. The molecule has 1 heterocycles. The molecule has 1 aliphatic carbocycles. The minimum Gasteiger partial charge on any atom is -0.611 e. The first-order valence-electron chi connectivity index (χ1n) is 11.0. The summed E-state index contributed by atoms with van der Waals surface area (Å²) in [6.07, 6.45) is 0. The smallest absolute Gasteiger partial charge is 0.197 e. The van der Waals surface area contributed by atoms with E-state index in [2.05, 4.69) is 46.4 Å². The molecule has 31 heavy (non-hydrogen) atoms. The van der Waals surface area contributed by atoms with Gasteiger partial charge in [-0.05, 0) is 82.5 Å². The molecule has 1 aromatic heterocycles. The molecule has 0 spiro atoms. The maximum atomic E-state index is 13.4. The van der Waals surface area contributed by atoms with Crippen LogP contribution in [0.1, 0.15) is 68.8 Å². The van der Waals surface area contributed by atoms with Gasteiger partial charge in [-0.1, -0.05) is 18.2 Å². The van der Waals surface area contributed by atoms with Crippen molar-refractivity contribution in [2.24, 2.45) is 0 Å². The van der Waals surface area contributed by atoms with Crippen molar-refractivity contribution in [3.63, 3.8) is 0 Å². The van der Waals surface area contributed by atoms with Crippen molar-refractivity contribution in [3.05, 3.63) is 64.9 Å². The third-order valence-electron chi connectivity index (χ3n) is 6.42. The van der Waals surface area contributed by atoms with Crippen LogP contribution in [0.25, 0.3) is 11.0 Å². The number of furan rings is 1. The number of carbonyl (C=O) groups is 1. The molecule has 0 bridgehead atoms. The lowest BCUT2D eigenvalue weighted by atomic mass is 9.72. The summed E-state index contributed by atoms with van der Waals surface area (Å²) in [7, 11) is 0. The van der Waals surface area contributed by atoms with E-state index in [0.29, 0.717) is 34.7 Å². The molecular weight excluding hydrogens is 406 g/mol. The average Bonchev–Trinajstić information content (AvgIpc) is 3.12. The quantitative estimate of drug-likeness (QED) is 0.476. The van der Waals surface area contributed by atoms with Gasteiger partial charge >= 0.3 is 0 Å². The Balaban J connectivity index is 1.68. The molecule has 1 unspecified atom stereocenters. The number of nitrogens with zero attached hydrogens (tertiary/aromatic N) is 1. The van der Waals surface area contributed by atoms with Gasteiger partial charge in [-0.3, -0.25) is 9.69 Å². The average molecular weight is 438 g/mol. The van der Waals surface area contributed by atoms with Gasteiger partial charge in [-0.2, -0.15) is 0 Å². The first-order valence-corrected chi connectivity index (χ1v) is 12.3. The second-order valence-electron chi connectivity index (χ2n) is 9.44. The molecule has 3 aromatic rings. The Morgan fingerprint density at radius 3 is 2.42 bits per heavy atom. The molecule has 4 rings (SSSR count). The van der Waals surface area contributed by atoms with Crippen LogP contribution >= 0.6 is 0 Å². The minimum atomic E-state index is -1.14. The van der Waals surface area contributed by atoms with Crippen LogP contribution in [0.5, 0.6) is 0 Å². The van der Waals surface area contributed by atoms with Crippen LogP contribution in [0.15, 0.2) is 51.8 Å². The van der Waals surface area contributed by atoms with E-state index in [4.69, 9.17) is 4.42 Å². The molecule has 0 N–H and O–H groups in total. The van der Waals surface area contributed by atoms with Crippen LogP contribution < -0.4 is 0 Å². The summed E-state index contributed by atoms with van der Waals surface area (Å²) in [6, 6.07) is 14.2. The SMILES string of the molecule is CC(C)N(CC[S+]([O-])c1ccc2c(c1)C(C)(C)c1oc3ccccc3c1C2=O)C(C)C. The molecule has 1 atom stereocenters. The third-order valence-corrected chi connectivity index (χ3v) is 7.76. The fraction of sp³-hybridized carbons (Fsp3) is 0.423. The molecule has 0 saturated heterocycles. The van der Waals surface area contributed by atoms with Crippen LogP contribution in [0.3, 0.4) is 0 Å². The number of carbonyl (C=O) groups excluding carboxylic acids is 1. The molecule has 0 radical (unpaired) electrons. The lowest BCUT2D eigenvalue weighted by Crippen LogP contribution is -2.40. The van der Waals surface area contributed by atoms with Crippen LogP contribution in [-0.4, -0.2) is 39.6 Å². The van der Waals surface area contributed by atoms with Gasteiger partial charge in [-0.15, -0.1) is 0 Å². The van der Waals surface area contributed by atoms with Crippen LogP contribution in [-0.2, 0) is 16.6 Å². The topological polar surface area (TPSA) is 56.5 Å². The Bertz CT molecular complexity index is 1120. The maximum Gasteiger partial charge on any atom is 0.197 e. The molecule has 0 amide bonds. The number of hydrogen-bond acceptors (Lipinski definition) is 4. The Morgan fingerprint density at radius 1 is 1.06 bits per heavy atom. The molecule has 4 nitrogen and oxygen atoms in total. The highest BCUT2D eigenvalue weighted by Crippen LogP contribution is 2.45. The zero-order valence-electron chi connectivity index (χ0n) is 19.2. The van der Waals surface area contributed by atoms with Gasteiger partial charge in [-0.25, -0.2) is 0 Å². The van der Waals surface area contributed by atoms with Crippen LogP contribution in [0, 0.1) is 0 Å². The number of hydrogen-bond donors (Lipinski definition) is 0. The first-order chi connectivity index (χ1) is 14.6. The number of benzene rings is 2. The van der Waals surface area contributed by atoms with Gasteiger partial charge in [0.1, 0.15) is 17.1 Å². The fourth-order valence-corrected chi connectivity index (χ4v) is 5.85. The monoisotopic (exact) mass is 437 g/mol. The van der Waals surface area contributed by atoms with Crippen LogP contribution in [0.4, 0.5) is 0 Å². The summed E-state index contributed by atoms with van der Waals surface area (Å²) in [4.78, 5) is 16.5. The van der Waals surface area contributed by atoms with E-state index in [1.54, 1.807) is 0 Å². The van der Waals surface area contributed by atoms with E-state index in [0.717, 1.165) is 28.0 Å². The maximum absolute atomic E-state index is 13.4. The highest BCUT2D eigenvalue weighted by atomic mass is 32.2. The van der Waals surface area contributed by atoms with Gasteiger partial charge in [0.2, 0.25) is 0 Å². The van der Waals surface area contributed by atoms with E-state index < -0.39 is 16.6 Å². The van der Waals surface area contributed by atoms with Gasteiger partial charge < -0.3 is 8.97 Å². The van der Waals surface area contributed by atoms with Crippen molar-refractivity contribution < 1.29 is 13.8 Å².